The summed E-state index contributed by atoms with van der Waals surface area (Å²) in [6, 6.07) is 3.87. The van der Waals surface area contributed by atoms with E-state index in [0.29, 0.717) is 4.90 Å². The molecule has 0 aliphatic carbocycles. The number of halogens is 1. The van der Waals surface area contributed by atoms with Gasteiger partial charge in [-0.25, -0.2) is 9.18 Å². The van der Waals surface area contributed by atoms with Gasteiger partial charge in [0.2, 0.25) is 0 Å². The molecule has 0 unspecified atom stereocenters. The second-order valence-electron chi connectivity index (χ2n) is 2.15. The molecule has 1 aromatic rings. The molecule has 1 N–H and O–H groups in total. The molecule has 2 nitrogen and oxygen atoms in total. The monoisotopic (exact) mass is 186 g/mol. The van der Waals surface area contributed by atoms with Gasteiger partial charge < -0.3 is 5.11 Å². The molecule has 12 heavy (non-hydrogen) atoms. The van der Waals surface area contributed by atoms with Crippen LogP contribution in [0.25, 0.3) is 0 Å². The average Bonchev–Trinajstić information content (AvgIpc) is 2.04. The molecule has 4 heteroatoms. The Balaban J connectivity index is 3.10. The Morgan fingerprint density at radius 3 is 2.67 bits per heavy atom. The molecule has 0 amide bonds. The summed E-state index contributed by atoms with van der Waals surface area (Å²) < 4.78 is 12.9. The van der Waals surface area contributed by atoms with Crippen LogP contribution >= 0.6 is 11.8 Å². The minimum Gasteiger partial charge on any atom is -0.478 e. The van der Waals surface area contributed by atoms with Crippen molar-refractivity contribution >= 4 is 17.7 Å². The number of carbonyl (C=O) groups is 1. The number of hydrogen-bond donors (Lipinski definition) is 1. The van der Waals surface area contributed by atoms with Crippen molar-refractivity contribution in [2.45, 2.75) is 4.90 Å². The standard InChI is InChI=1S/C8H7FO2S/c1-12-7-3-2-5(8(10)11)4-6(7)9/h2-4H,1H3,(H,10,11). The van der Waals surface area contributed by atoms with Crippen molar-refractivity contribution in [2.75, 3.05) is 6.26 Å². The summed E-state index contributed by atoms with van der Waals surface area (Å²) in [7, 11) is 0. The number of hydrogen-bond acceptors (Lipinski definition) is 2. The van der Waals surface area contributed by atoms with Gasteiger partial charge in [0.1, 0.15) is 5.82 Å². The first-order valence-electron chi connectivity index (χ1n) is 3.22. The molecule has 0 saturated carbocycles. The lowest BCUT2D eigenvalue weighted by Gasteiger charge is -1.99. The van der Waals surface area contributed by atoms with Crippen molar-refractivity contribution in [3.05, 3.63) is 29.6 Å². The molecule has 0 fully saturated rings. The number of rotatable bonds is 2. The maximum Gasteiger partial charge on any atom is 0.335 e. The SMILES string of the molecule is CSc1ccc(C(=O)O)cc1F. The van der Waals surface area contributed by atoms with E-state index in [1.165, 1.54) is 23.9 Å². The first-order valence-corrected chi connectivity index (χ1v) is 4.44. The fourth-order valence-electron chi connectivity index (χ4n) is 0.799. The van der Waals surface area contributed by atoms with Crippen LogP contribution in [0.1, 0.15) is 10.4 Å². The first-order chi connectivity index (χ1) is 5.65. The topological polar surface area (TPSA) is 37.3 Å². The van der Waals surface area contributed by atoms with Crippen molar-refractivity contribution in [1.29, 1.82) is 0 Å². The van der Waals surface area contributed by atoms with E-state index >= 15 is 0 Å². The van der Waals surface area contributed by atoms with Gasteiger partial charge in [0.05, 0.1) is 5.56 Å². The van der Waals surface area contributed by atoms with Crippen LogP contribution in [0, 0.1) is 5.82 Å². The zero-order valence-corrected chi connectivity index (χ0v) is 7.19. The van der Waals surface area contributed by atoms with Gasteiger partial charge >= 0.3 is 5.97 Å². The van der Waals surface area contributed by atoms with Crippen LogP contribution in [0.3, 0.4) is 0 Å². The van der Waals surface area contributed by atoms with Gasteiger partial charge in [-0.1, -0.05) is 0 Å². The van der Waals surface area contributed by atoms with E-state index in [9.17, 15) is 9.18 Å². The summed E-state index contributed by atoms with van der Waals surface area (Å²) in [5.41, 5.74) is -0.0229. The molecule has 0 heterocycles. The molecule has 0 radical (unpaired) electrons. The Morgan fingerprint density at radius 1 is 1.58 bits per heavy atom. The van der Waals surface area contributed by atoms with Crippen molar-refractivity contribution in [3.63, 3.8) is 0 Å². The summed E-state index contributed by atoms with van der Waals surface area (Å²) in [5.74, 6) is -1.59. The number of thioether (sulfide) groups is 1. The molecular formula is C8H7FO2S. The maximum atomic E-state index is 12.9. The third-order valence-corrected chi connectivity index (χ3v) is 2.17. The lowest BCUT2D eigenvalue weighted by Crippen LogP contribution is -1.96. The molecule has 0 spiro atoms. The minimum absolute atomic E-state index is 0.0229. The molecular weight excluding hydrogens is 179 g/mol. The highest BCUT2D eigenvalue weighted by Crippen LogP contribution is 2.19. The highest BCUT2D eigenvalue weighted by molar-refractivity contribution is 7.98. The summed E-state index contributed by atoms with van der Waals surface area (Å²) in [5, 5.41) is 8.50. The molecule has 0 aromatic heterocycles. The highest BCUT2D eigenvalue weighted by Gasteiger charge is 2.06. The Bertz CT molecular complexity index is 312. The van der Waals surface area contributed by atoms with E-state index < -0.39 is 11.8 Å². The third-order valence-electron chi connectivity index (χ3n) is 1.40. The fourth-order valence-corrected chi connectivity index (χ4v) is 1.26. The Morgan fingerprint density at radius 2 is 2.25 bits per heavy atom. The third kappa shape index (κ3) is 1.76. The predicted molar refractivity (Wildman–Crippen MR) is 45.1 cm³/mol. The van der Waals surface area contributed by atoms with Crippen molar-refractivity contribution in [3.8, 4) is 0 Å². The lowest BCUT2D eigenvalue weighted by molar-refractivity contribution is 0.0696. The average molecular weight is 186 g/mol. The lowest BCUT2D eigenvalue weighted by atomic mass is 10.2. The first kappa shape index (κ1) is 9.06. The molecule has 0 bridgehead atoms. The van der Waals surface area contributed by atoms with Crippen LogP contribution in [0.5, 0.6) is 0 Å². The molecule has 1 aromatic carbocycles. The number of carboxylic acid groups (broad SMARTS) is 1. The molecule has 0 saturated heterocycles. The zero-order valence-electron chi connectivity index (χ0n) is 6.37. The largest absolute Gasteiger partial charge is 0.478 e. The van der Waals surface area contributed by atoms with Gasteiger partial charge in [0, 0.05) is 4.90 Å². The normalized spacial score (nSPS) is 9.83. The quantitative estimate of drug-likeness (QED) is 0.720. The highest BCUT2D eigenvalue weighted by atomic mass is 32.2. The summed E-state index contributed by atoms with van der Waals surface area (Å²) in [6.45, 7) is 0. The van der Waals surface area contributed by atoms with Crippen molar-refractivity contribution in [2.24, 2.45) is 0 Å². The van der Waals surface area contributed by atoms with Gasteiger partial charge in [0.15, 0.2) is 0 Å². The molecule has 1 rings (SSSR count). The van der Waals surface area contributed by atoms with Gasteiger partial charge in [0.25, 0.3) is 0 Å². The van der Waals surface area contributed by atoms with E-state index in [2.05, 4.69) is 0 Å². The predicted octanol–water partition coefficient (Wildman–Crippen LogP) is 2.25. The van der Waals surface area contributed by atoms with Crippen LogP contribution in [0.2, 0.25) is 0 Å². The van der Waals surface area contributed by atoms with Crippen LogP contribution in [-0.2, 0) is 0 Å². The maximum absolute atomic E-state index is 12.9. The van der Waals surface area contributed by atoms with Gasteiger partial charge in [-0.3, -0.25) is 0 Å². The molecule has 0 atom stereocenters. The van der Waals surface area contributed by atoms with Gasteiger partial charge in [-0.05, 0) is 24.5 Å². The summed E-state index contributed by atoms with van der Waals surface area (Å²) in [6.07, 6.45) is 1.73. The van der Waals surface area contributed by atoms with E-state index in [4.69, 9.17) is 5.11 Å². The second-order valence-corrected chi connectivity index (χ2v) is 3.00. The molecule has 0 aliphatic heterocycles. The number of aromatic carboxylic acids is 1. The minimum atomic E-state index is -1.11. The van der Waals surface area contributed by atoms with E-state index in [1.54, 1.807) is 6.26 Å². The second kappa shape index (κ2) is 3.58. The van der Waals surface area contributed by atoms with Gasteiger partial charge in [-0.15, -0.1) is 11.8 Å². The van der Waals surface area contributed by atoms with E-state index in [0.717, 1.165) is 6.07 Å². The Hall–Kier alpha value is -1.03. The van der Waals surface area contributed by atoms with E-state index in [-0.39, 0.29) is 5.56 Å². The van der Waals surface area contributed by atoms with Crippen LogP contribution in [0.15, 0.2) is 23.1 Å². The van der Waals surface area contributed by atoms with Crippen LogP contribution in [-0.4, -0.2) is 17.3 Å². The van der Waals surface area contributed by atoms with Crippen molar-refractivity contribution in [1.82, 2.24) is 0 Å². The zero-order chi connectivity index (χ0) is 9.14. The van der Waals surface area contributed by atoms with E-state index in [1.807, 2.05) is 0 Å². The van der Waals surface area contributed by atoms with Crippen molar-refractivity contribution < 1.29 is 14.3 Å². The number of benzene rings is 1. The van der Waals surface area contributed by atoms with Crippen LogP contribution in [0.4, 0.5) is 4.39 Å². The fraction of sp³-hybridized carbons (Fsp3) is 0.125. The molecule has 0 aliphatic rings. The van der Waals surface area contributed by atoms with Gasteiger partial charge in [-0.2, -0.15) is 0 Å². The Labute approximate surface area is 73.4 Å². The Kier molecular flexibility index (Phi) is 2.70. The summed E-state index contributed by atoms with van der Waals surface area (Å²) in [4.78, 5) is 10.8. The smallest absolute Gasteiger partial charge is 0.335 e. The van der Waals surface area contributed by atoms with Crippen LogP contribution < -0.4 is 0 Å². The summed E-state index contributed by atoms with van der Waals surface area (Å²) >= 11 is 1.25. The number of carboxylic acids is 1. The molecule has 64 valence electrons.